The molecule has 20 rings (SSSR count). The molecule has 0 saturated heterocycles. The average Bonchev–Trinajstić information content (AvgIpc) is 4.37. The van der Waals surface area contributed by atoms with Gasteiger partial charge in [-0.05, 0) is 243 Å². The van der Waals surface area contributed by atoms with Crippen molar-refractivity contribution in [1.82, 2.24) is 0 Å². The Morgan fingerprint density at radius 3 is 1.62 bits per heavy atom. The van der Waals surface area contributed by atoms with Crippen LogP contribution in [0, 0.1) is 29.1 Å². The molecule has 1 aromatic heterocycles. The molecule has 10 aliphatic rings. The maximum Gasteiger partial charge on any atom is 0.143 e. The van der Waals surface area contributed by atoms with E-state index in [4.69, 9.17) is 4.42 Å². The van der Waals surface area contributed by atoms with E-state index in [0.29, 0.717) is 29.1 Å². The number of nitrogens with zero attached hydrogens (tertiary/aromatic N) is 1. The monoisotopic (exact) mass is 977 g/mol. The summed E-state index contributed by atoms with van der Waals surface area (Å²) >= 11 is 0. The lowest BCUT2D eigenvalue weighted by Crippen LogP contribution is -2.41. The number of furan rings is 1. The van der Waals surface area contributed by atoms with E-state index in [1.807, 2.05) is 0 Å². The number of rotatable bonds is 5. The van der Waals surface area contributed by atoms with E-state index in [9.17, 15) is 0 Å². The summed E-state index contributed by atoms with van der Waals surface area (Å²) < 4.78 is 6.59. The smallest absolute Gasteiger partial charge is 0.143 e. The van der Waals surface area contributed by atoms with E-state index in [2.05, 4.69) is 193 Å². The Balaban J connectivity index is 0.835. The zero-order valence-electron chi connectivity index (χ0n) is 42.9. The van der Waals surface area contributed by atoms with Gasteiger partial charge in [-0.1, -0.05) is 146 Å². The molecule has 5 fully saturated rings. The van der Waals surface area contributed by atoms with Crippen molar-refractivity contribution in [2.45, 2.75) is 93.3 Å². The zero-order valence-corrected chi connectivity index (χ0v) is 42.9. The molecule has 10 aliphatic carbocycles. The fraction of sp³-hybridized carbons (Fsp3) is 0.270. The summed E-state index contributed by atoms with van der Waals surface area (Å²) in [6.45, 7) is 0. The molecule has 5 saturated carbocycles. The minimum Gasteiger partial charge on any atom is -0.455 e. The molecular weight excluding hydrogens is 919 g/mol. The first-order valence-electron chi connectivity index (χ1n) is 29.1. The maximum absolute atomic E-state index is 6.59. The highest BCUT2D eigenvalue weighted by Crippen LogP contribution is 2.77. The first-order chi connectivity index (χ1) is 37.5. The van der Waals surface area contributed by atoms with Crippen LogP contribution in [0.15, 0.2) is 192 Å². The van der Waals surface area contributed by atoms with Crippen LogP contribution >= 0.6 is 0 Å². The SMILES string of the molecule is c1ccc(-c2ccc(N(c3ccc(-c4cccc5c4oc4ccccc45)cc3)c3ccc4c(c3)C3(c5ccccc5-4)c4cc5c(cc4-c4cc6c(cc43)C3CC4CC7CC6CC74C3)C3CC4CC(C3)CC5C4)cc2)cc1. The van der Waals surface area contributed by atoms with Crippen LogP contribution in [0.25, 0.3) is 66.4 Å². The van der Waals surface area contributed by atoms with Gasteiger partial charge in [0.2, 0.25) is 0 Å². The minimum absolute atomic E-state index is 0.429. The van der Waals surface area contributed by atoms with Gasteiger partial charge >= 0.3 is 0 Å². The Hall–Kier alpha value is -7.42. The standard InChI is InChI=1S/C74H59NO/c1-2-9-44(10-3-1)45-17-21-53(22-18-45)75(54-23-19-46(20-24-54)56-13-8-14-60-59-12-5-7-16-71(59)76-72(56)60)55-25-26-58-57-11-4-6-15-67(57)74(68(58)35-55)69-38-63-48-30-42-27-43(31-48)29-47(28-42)61(63)36-65(69)66-37-62-49-32-51-34-52-33-50(41-73(51,52)40-49)64(62)39-70(66)74/h1-26,35-39,42-43,47-52H,27-34,40-41H2. The van der Waals surface area contributed by atoms with E-state index in [1.54, 1.807) is 44.5 Å². The first-order valence-corrected chi connectivity index (χ1v) is 29.1. The molecule has 0 amide bonds. The van der Waals surface area contributed by atoms with Crippen molar-refractivity contribution in [3.8, 4) is 44.5 Å². The number of para-hydroxylation sites is 2. The lowest BCUT2D eigenvalue weighted by molar-refractivity contribution is 0.00322. The number of hydrogen-bond donors (Lipinski definition) is 0. The third-order valence-corrected chi connectivity index (χ3v) is 22.4. The lowest BCUT2D eigenvalue weighted by Gasteiger charge is -2.48. The van der Waals surface area contributed by atoms with Crippen LogP contribution < -0.4 is 4.90 Å². The van der Waals surface area contributed by atoms with Gasteiger partial charge in [0.1, 0.15) is 11.2 Å². The summed E-state index contributed by atoms with van der Waals surface area (Å²) in [6.07, 6.45) is 14.2. The summed E-state index contributed by atoms with van der Waals surface area (Å²) in [5.41, 5.74) is 29.0. The van der Waals surface area contributed by atoms with Crippen LogP contribution in [0.5, 0.6) is 0 Å². The zero-order chi connectivity index (χ0) is 49.2. The molecule has 8 unspecified atom stereocenters. The Bertz CT molecular complexity index is 4130. The minimum atomic E-state index is -0.429. The molecule has 10 aromatic rings. The lowest BCUT2D eigenvalue weighted by atomic mass is 9.56. The molecular formula is C74H59NO. The highest BCUT2D eigenvalue weighted by molar-refractivity contribution is 6.09. The Morgan fingerprint density at radius 2 is 0.895 bits per heavy atom. The van der Waals surface area contributed by atoms with E-state index in [-0.39, 0.29) is 0 Å². The molecule has 76 heavy (non-hydrogen) atoms. The molecule has 366 valence electrons. The molecule has 0 N–H and O–H groups in total. The molecule has 2 spiro atoms. The molecule has 8 atom stereocenters. The van der Waals surface area contributed by atoms with Crippen molar-refractivity contribution in [1.29, 1.82) is 0 Å². The average molecular weight is 978 g/mol. The largest absolute Gasteiger partial charge is 0.455 e. The van der Waals surface area contributed by atoms with Gasteiger partial charge in [0.15, 0.2) is 0 Å². The van der Waals surface area contributed by atoms with Crippen molar-refractivity contribution >= 4 is 39.0 Å². The fourth-order valence-corrected chi connectivity index (χ4v) is 19.5. The number of fused-ring (bicyclic) bond motifs is 18. The third-order valence-electron chi connectivity index (χ3n) is 22.4. The second-order valence-corrected chi connectivity index (χ2v) is 25.6. The van der Waals surface area contributed by atoms with Crippen molar-refractivity contribution < 1.29 is 4.42 Å². The van der Waals surface area contributed by atoms with Gasteiger partial charge < -0.3 is 9.32 Å². The van der Waals surface area contributed by atoms with Gasteiger partial charge in [0, 0.05) is 33.4 Å². The predicted octanol–water partition coefficient (Wildman–Crippen LogP) is 19.5. The van der Waals surface area contributed by atoms with Crippen LogP contribution in [-0.2, 0) is 5.41 Å². The molecule has 1 heterocycles. The van der Waals surface area contributed by atoms with Crippen molar-refractivity contribution in [2.24, 2.45) is 29.1 Å². The van der Waals surface area contributed by atoms with Crippen molar-refractivity contribution in [3.63, 3.8) is 0 Å². The van der Waals surface area contributed by atoms with Crippen LogP contribution in [-0.4, -0.2) is 0 Å². The second-order valence-electron chi connectivity index (χ2n) is 25.6. The second kappa shape index (κ2) is 14.7. The van der Waals surface area contributed by atoms with E-state index in [0.717, 1.165) is 68.1 Å². The summed E-state index contributed by atoms with van der Waals surface area (Å²) in [5.74, 6) is 6.43. The summed E-state index contributed by atoms with van der Waals surface area (Å²) in [5, 5.41) is 2.31. The highest BCUT2D eigenvalue weighted by atomic mass is 16.3. The van der Waals surface area contributed by atoms with Gasteiger partial charge in [0.25, 0.3) is 0 Å². The molecule has 9 aromatic carbocycles. The van der Waals surface area contributed by atoms with Gasteiger partial charge in [-0.2, -0.15) is 0 Å². The molecule has 7 bridgehead atoms. The maximum atomic E-state index is 6.59. The fourth-order valence-electron chi connectivity index (χ4n) is 19.5. The first kappa shape index (κ1) is 41.8. The van der Waals surface area contributed by atoms with Gasteiger partial charge in [0.05, 0.1) is 5.41 Å². The summed E-state index contributed by atoms with van der Waals surface area (Å²) in [7, 11) is 0. The van der Waals surface area contributed by atoms with Crippen LogP contribution in [0.3, 0.4) is 0 Å². The number of anilines is 3. The molecule has 2 nitrogen and oxygen atoms in total. The van der Waals surface area contributed by atoms with Crippen LogP contribution in [0.4, 0.5) is 17.1 Å². The van der Waals surface area contributed by atoms with Gasteiger partial charge in [-0.15, -0.1) is 0 Å². The normalized spacial score (nSPS) is 28.6. The summed E-state index contributed by atoms with van der Waals surface area (Å²) in [6, 6.07) is 72.9. The van der Waals surface area contributed by atoms with Gasteiger partial charge in [-0.25, -0.2) is 0 Å². The molecule has 0 radical (unpaired) electrons. The van der Waals surface area contributed by atoms with Crippen molar-refractivity contribution in [3.05, 3.63) is 233 Å². The van der Waals surface area contributed by atoms with Crippen LogP contribution in [0.2, 0.25) is 0 Å². The van der Waals surface area contributed by atoms with E-state index < -0.39 is 5.41 Å². The molecule has 0 aliphatic heterocycles. The van der Waals surface area contributed by atoms with Crippen molar-refractivity contribution in [2.75, 3.05) is 4.90 Å². The third kappa shape index (κ3) is 5.34. The van der Waals surface area contributed by atoms with Crippen LogP contribution in [0.1, 0.15) is 132 Å². The molecule has 2 heteroatoms. The Morgan fingerprint density at radius 1 is 0.355 bits per heavy atom. The number of benzene rings is 9. The quantitative estimate of drug-likeness (QED) is 0.171. The number of hydrogen-bond acceptors (Lipinski definition) is 2. The van der Waals surface area contributed by atoms with Gasteiger partial charge in [-0.3, -0.25) is 0 Å². The Kier molecular flexibility index (Phi) is 8.10. The summed E-state index contributed by atoms with van der Waals surface area (Å²) in [4.78, 5) is 2.53. The van der Waals surface area contributed by atoms with E-state index in [1.165, 1.54) is 103 Å². The predicted molar refractivity (Wildman–Crippen MR) is 309 cm³/mol. The Labute approximate surface area is 445 Å². The highest BCUT2D eigenvalue weighted by Gasteiger charge is 2.66. The van der Waals surface area contributed by atoms with E-state index >= 15 is 0 Å². The topological polar surface area (TPSA) is 16.4 Å².